The van der Waals surface area contributed by atoms with Crippen molar-refractivity contribution >= 4 is 35.5 Å². The van der Waals surface area contributed by atoms with Crippen LogP contribution in [0.15, 0.2) is 22.2 Å². The van der Waals surface area contributed by atoms with Crippen LogP contribution in [0.1, 0.15) is 27.2 Å². The molecule has 2 amide bonds. The summed E-state index contributed by atoms with van der Waals surface area (Å²) >= 11 is 1.14. The van der Waals surface area contributed by atoms with E-state index in [-0.39, 0.29) is 23.6 Å². The van der Waals surface area contributed by atoms with Gasteiger partial charge >= 0.3 is 11.9 Å². The summed E-state index contributed by atoms with van der Waals surface area (Å²) < 4.78 is 5.07. The number of esters is 1. The second-order valence-electron chi connectivity index (χ2n) is 5.52. The molecule has 2 N–H and O–H groups in total. The summed E-state index contributed by atoms with van der Waals surface area (Å²) in [4.78, 5) is 47.4. The monoisotopic (exact) mass is 354 g/mol. The number of hydrogen-bond acceptors (Lipinski definition) is 6. The normalized spacial score (nSPS) is 23.8. The van der Waals surface area contributed by atoms with Crippen LogP contribution < -0.4 is 5.32 Å². The molecule has 0 saturated carbocycles. The first-order chi connectivity index (χ1) is 11.2. The van der Waals surface area contributed by atoms with Gasteiger partial charge in [-0.2, -0.15) is 0 Å². The molecule has 0 bridgehead atoms. The second kappa shape index (κ2) is 7.08. The predicted octanol–water partition coefficient (Wildman–Crippen LogP) is 0.805. The van der Waals surface area contributed by atoms with Crippen molar-refractivity contribution < 1.29 is 29.0 Å². The Labute approximate surface area is 142 Å². The maximum Gasteiger partial charge on any atom is 0.353 e. The zero-order valence-corrected chi connectivity index (χ0v) is 14.3. The van der Waals surface area contributed by atoms with E-state index in [4.69, 9.17) is 4.74 Å². The molecule has 2 aliphatic heterocycles. The number of β-lactam (4-membered cyclic amide) rings is 1. The molecule has 2 heterocycles. The topological polar surface area (TPSA) is 113 Å². The third kappa shape index (κ3) is 3.45. The summed E-state index contributed by atoms with van der Waals surface area (Å²) in [6.45, 7) is 4.25. The Morgan fingerprint density at radius 3 is 2.62 bits per heavy atom. The van der Waals surface area contributed by atoms with E-state index in [1.54, 1.807) is 12.3 Å². The zero-order valence-electron chi connectivity index (χ0n) is 13.4. The molecule has 3 atom stereocenters. The minimum atomic E-state index is -1.18. The molecule has 0 spiro atoms. The van der Waals surface area contributed by atoms with Gasteiger partial charge in [-0.25, -0.2) is 4.79 Å². The van der Waals surface area contributed by atoms with Gasteiger partial charge in [-0.3, -0.25) is 14.4 Å². The van der Waals surface area contributed by atoms with Gasteiger partial charge in [0, 0.05) is 31.4 Å². The average molecular weight is 354 g/mol. The fourth-order valence-electron chi connectivity index (χ4n) is 2.92. The fourth-order valence-corrected chi connectivity index (χ4v) is 3.79. The number of fused-ring (bicyclic) bond motifs is 1. The van der Waals surface area contributed by atoms with Crippen molar-refractivity contribution in [1.82, 2.24) is 10.2 Å². The number of rotatable bonds is 6. The number of aliphatic carboxylic acids is 1. The number of amides is 2. The Balaban J connectivity index is 2.12. The molecule has 0 unspecified atom stereocenters. The molecular weight excluding hydrogens is 336 g/mol. The number of carboxylic acids is 1. The number of nitrogens with zero attached hydrogens (tertiary/aromatic N) is 1. The first-order valence-corrected chi connectivity index (χ1v) is 8.17. The van der Waals surface area contributed by atoms with Gasteiger partial charge in [0.25, 0.3) is 0 Å². The maximum absolute atomic E-state index is 12.3. The van der Waals surface area contributed by atoms with E-state index in [9.17, 15) is 24.3 Å². The quantitative estimate of drug-likeness (QED) is 0.536. The Morgan fingerprint density at radius 1 is 1.42 bits per heavy atom. The second-order valence-corrected chi connectivity index (χ2v) is 6.52. The molecule has 0 radical (unpaired) electrons. The average Bonchev–Trinajstić information content (AvgIpc) is 2.77. The van der Waals surface area contributed by atoms with Gasteiger partial charge in [-0.15, -0.1) is 0 Å². The minimum absolute atomic E-state index is 0.0475. The van der Waals surface area contributed by atoms with Crippen LogP contribution in [0.2, 0.25) is 0 Å². The number of carboxylic acid groups (broad SMARTS) is 1. The third-order valence-electron chi connectivity index (χ3n) is 3.79. The highest BCUT2D eigenvalue weighted by molar-refractivity contribution is 8.05. The number of thioether (sulfide) groups is 1. The molecule has 24 heavy (non-hydrogen) atoms. The van der Waals surface area contributed by atoms with E-state index in [2.05, 4.69) is 5.32 Å². The van der Waals surface area contributed by atoms with E-state index in [0.717, 1.165) is 11.8 Å². The van der Waals surface area contributed by atoms with Crippen molar-refractivity contribution in [2.24, 2.45) is 5.92 Å². The lowest BCUT2D eigenvalue weighted by atomic mass is 9.83. The van der Waals surface area contributed by atoms with Crippen LogP contribution in [0.3, 0.4) is 0 Å². The van der Waals surface area contributed by atoms with Crippen molar-refractivity contribution in [1.29, 1.82) is 0 Å². The number of carbonyl (C=O) groups is 4. The van der Waals surface area contributed by atoms with Gasteiger partial charge in [-0.05, 0) is 12.3 Å². The standard InChI is InChI=1S/C15H18N2O6S/c1-7(23-9(3)19)12-10-6-11(24-5-4-16-8(2)18)13(15(21)22)17(10)14(12)20/h4-5,7,10,12H,6H2,1-3H3,(H,16,18)(H,21,22)/t7-,10+,12-/m0/s1. The lowest BCUT2D eigenvalue weighted by Gasteiger charge is -2.45. The highest BCUT2D eigenvalue weighted by atomic mass is 32.2. The van der Waals surface area contributed by atoms with E-state index in [1.807, 2.05) is 0 Å². The number of nitrogens with one attached hydrogen (secondary N) is 1. The highest BCUT2D eigenvalue weighted by Crippen LogP contribution is 2.47. The Kier molecular flexibility index (Phi) is 5.33. The van der Waals surface area contributed by atoms with Gasteiger partial charge in [0.1, 0.15) is 11.8 Å². The van der Waals surface area contributed by atoms with Gasteiger partial charge in [-0.1, -0.05) is 11.8 Å². The summed E-state index contributed by atoms with van der Waals surface area (Å²) in [5.74, 6) is -2.79. The van der Waals surface area contributed by atoms with Crippen LogP contribution in [0, 0.1) is 5.92 Å². The van der Waals surface area contributed by atoms with Gasteiger partial charge in [0.15, 0.2) is 0 Å². The molecule has 0 aromatic heterocycles. The van der Waals surface area contributed by atoms with E-state index < -0.39 is 24.0 Å². The smallest absolute Gasteiger partial charge is 0.353 e. The lowest BCUT2D eigenvalue weighted by Crippen LogP contribution is -2.62. The number of carbonyl (C=O) groups excluding carboxylic acids is 3. The molecule has 8 nitrogen and oxygen atoms in total. The van der Waals surface area contributed by atoms with E-state index >= 15 is 0 Å². The zero-order chi connectivity index (χ0) is 18.0. The molecule has 130 valence electrons. The van der Waals surface area contributed by atoms with Crippen molar-refractivity contribution in [2.45, 2.75) is 39.3 Å². The van der Waals surface area contributed by atoms with Crippen molar-refractivity contribution in [3.05, 3.63) is 22.2 Å². The Hall–Kier alpha value is -2.29. The summed E-state index contributed by atoms with van der Waals surface area (Å²) in [5, 5.41) is 13.4. The first-order valence-electron chi connectivity index (χ1n) is 7.29. The summed E-state index contributed by atoms with van der Waals surface area (Å²) in [7, 11) is 0. The molecule has 2 aliphatic rings. The van der Waals surface area contributed by atoms with Crippen LogP contribution in [0.4, 0.5) is 0 Å². The summed E-state index contributed by atoms with van der Waals surface area (Å²) in [5.41, 5.74) is -0.0475. The van der Waals surface area contributed by atoms with Crippen LogP contribution in [0.25, 0.3) is 0 Å². The first kappa shape index (κ1) is 18.1. The molecule has 1 fully saturated rings. The van der Waals surface area contributed by atoms with Gasteiger partial charge in [0.2, 0.25) is 11.8 Å². The van der Waals surface area contributed by atoms with Crippen molar-refractivity contribution in [3.8, 4) is 0 Å². The lowest BCUT2D eigenvalue weighted by molar-refractivity contribution is -0.169. The van der Waals surface area contributed by atoms with Crippen LogP contribution in [0.5, 0.6) is 0 Å². The summed E-state index contributed by atoms with van der Waals surface area (Å²) in [6, 6.07) is -0.324. The third-order valence-corrected chi connectivity index (χ3v) is 4.71. The SMILES string of the molecule is CC(=O)NC=CSC1=C(C(=O)O)N2C(=O)[C@@H]([C@H](C)OC(C)=O)[C@H]2C1. The largest absolute Gasteiger partial charge is 0.477 e. The minimum Gasteiger partial charge on any atom is -0.477 e. The molecular formula is C15H18N2O6S. The van der Waals surface area contributed by atoms with Crippen molar-refractivity contribution in [2.75, 3.05) is 0 Å². The van der Waals surface area contributed by atoms with Crippen LogP contribution in [-0.4, -0.2) is 45.9 Å². The fraction of sp³-hybridized carbons (Fsp3) is 0.467. The summed E-state index contributed by atoms with van der Waals surface area (Å²) in [6.07, 6.45) is 1.18. The Bertz CT molecular complexity index is 656. The molecule has 2 rings (SSSR count). The predicted molar refractivity (Wildman–Crippen MR) is 85.2 cm³/mol. The maximum atomic E-state index is 12.3. The van der Waals surface area contributed by atoms with E-state index in [1.165, 1.54) is 24.9 Å². The molecule has 1 saturated heterocycles. The molecule has 9 heteroatoms. The van der Waals surface area contributed by atoms with E-state index in [0.29, 0.717) is 11.3 Å². The van der Waals surface area contributed by atoms with Crippen LogP contribution >= 0.6 is 11.8 Å². The van der Waals surface area contributed by atoms with Gasteiger partial charge < -0.3 is 20.1 Å². The highest BCUT2D eigenvalue weighted by Gasteiger charge is 2.57. The number of ether oxygens (including phenoxy) is 1. The molecule has 0 aromatic rings. The molecule has 0 aromatic carbocycles. The molecule has 0 aliphatic carbocycles. The van der Waals surface area contributed by atoms with Crippen LogP contribution in [-0.2, 0) is 23.9 Å². The number of hydrogen-bond donors (Lipinski definition) is 2. The van der Waals surface area contributed by atoms with Crippen molar-refractivity contribution in [3.63, 3.8) is 0 Å². The van der Waals surface area contributed by atoms with Gasteiger partial charge in [0.05, 0.1) is 12.0 Å². The Morgan fingerprint density at radius 2 is 2.08 bits per heavy atom.